The fourth-order valence-corrected chi connectivity index (χ4v) is 2.92. The summed E-state index contributed by atoms with van der Waals surface area (Å²) in [5.41, 5.74) is 6.58. The Morgan fingerprint density at radius 1 is 1.29 bits per heavy atom. The lowest BCUT2D eigenvalue weighted by Crippen LogP contribution is -2.41. The topological polar surface area (TPSA) is 55.6 Å². The molecule has 1 aliphatic heterocycles. The Balaban J connectivity index is 1.82. The number of benzene rings is 2. The Morgan fingerprint density at radius 2 is 2.05 bits per heavy atom. The van der Waals surface area contributed by atoms with Crippen LogP contribution in [0.3, 0.4) is 0 Å². The van der Waals surface area contributed by atoms with Gasteiger partial charge in [-0.15, -0.1) is 0 Å². The van der Waals surface area contributed by atoms with E-state index in [0.29, 0.717) is 6.61 Å². The quantitative estimate of drug-likeness (QED) is 0.942. The largest absolute Gasteiger partial charge is 0.369 e. The number of carbonyl (C=O) groups excluding carboxylic acids is 1. The van der Waals surface area contributed by atoms with Crippen molar-refractivity contribution in [1.82, 2.24) is 5.06 Å². The van der Waals surface area contributed by atoms with Crippen LogP contribution in [0, 0.1) is 5.92 Å². The van der Waals surface area contributed by atoms with Gasteiger partial charge in [0, 0.05) is 6.54 Å². The minimum absolute atomic E-state index is 0.143. The Hall–Kier alpha value is -1.91. The maximum Gasteiger partial charge on any atom is 0.222 e. The molecule has 4 nitrogen and oxygen atoms in total. The molecular formula is C17H20N2O2. The first-order valence-corrected chi connectivity index (χ1v) is 7.33. The van der Waals surface area contributed by atoms with E-state index in [1.807, 2.05) is 11.1 Å². The Kier molecular flexibility index (Phi) is 3.90. The number of carbonyl (C=O) groups is 1. The maximum absolute atomic E-state index is 11.2. The van der Waals surface area contributed by atoms with Crippen LogP contribution in [0.1, 0.15) is 24.9 Å². The first kappa shape index (κ1) is 14.0. The highest BCUT2D eigenvalue weighted by Gasteiger charge is 2.28. The van der Waals surface area contributed by atoms with Crippen molar-refractivity contribution < 1.29 is 9.63 Å². The second-order valence-electron chi connectivity index (χ2n) is 5.57. The molecule has 2 N–H and O–H groups in total. The highest BCUT2D eigenvalue weighted by atomic mass is 16.7. The number of primary amides is 1. The lowest BCUT2D eigenvalue weighted by atomic mass is 9.98. The normalized spacial score (nSPS) is 21.3. The standard InChI is InChI=1S/C17H20N2O2/c1-12(19-10-9-14(11-21-19)17(18)20)15-8-4-6-13-5-2-3-7-16(13)15/h2-8,12,14H,9-11H2,1H3,(H2,18,20). The summed E-state index contributed by atoms with van der Waals surface area (Å²) in [4.78, 5) is 16.9. The molecule has 1 amide bonds. The number of nitrogens with zero attached hydrogens (tertiary/aromatic N) is 1. The molecule has 0 aromatic heterocycles. The number of nitrogens with two attached hydrogens (primary N) is 1. The highest BCUT2D eigenvalue weighted by Crippen LogP contribution is 2.30. The zero-order chi connectivity index (χ0) is 14.8. The molecule has 3 rings (SSSR count). The van der Waals surface area contributed by atoms with Crippen LogP contribution in [0.4, 0.5) is 0 Å². The first-order valence-electron chi connectivity index (χ1n) is 7.33. The van der Waals surface area contributed by atoms with Gasteiger partial charge in [-0.25, -0.2) is 0 Å². The predicted molar refractivity (Wildman–Crippen MR) is 82.3 cm³/mol. The van der Waals surface area contributed by atoms with Crippen molar-refractivity contribution in [3.63, 3.8) is 0 Å². The summed E-state index contributed by atoms with van der Waals surface area (Å²) in [6.45, 7) is 3.23. The second kappa shape index (κ2) is 5.84. The average Bonchev–Trinajstić information content (AvgIpc) is 2.53. The van der Waals surface area contributed by atoms with Gasteiger partial charge in [-0.05, 0) is 29.7 Å². The molecule has 2 unspecified atom stereocenters. The summed E-state index contributed by atoms with van der Waals surface area (Å²) in [5, 5.41) is 4.43. The zero-order valence-corrected chi connectivity index (χ0v) is 12.2. The van der Waals surface area contributed by atoms with Crippen LogP contribution >= 0.6 is 0 Å². The maximum atomic E-state index is 11.2. The van der Waals surface area contributed by atoms with Gasteiger partial charge in [0.25, 0.3) is 0 Å². The lowest BCUT2D eigenvalue weighted by molar-refractivity contribution is -0.218. The summed E-state index contributed by atoms with van der Waals surface area (Å²) in [6.07, 6.45) is 0.754. The minimum atomic E-state index is -0.271. The second-order valence-corrected chi connectivity index (χ2v) is 5.57. The molecule has 2 aromatic rings. The van der Waals surface area contributed by atoms with E-state index in [4.69, 9.17) is 10.6 Å². The van der Waals surface area contributed by atoms with Crippen LogP contribution in [0.5, 0.6) is 0 Å². The molecule has 2 atom stereocenters. The number of amides is 1. The molecule has 0 saturated carbocycles. The van der Waals surface area contributed by atoms with Crippen LogP contribution in [0.25, 0.3) is 10.8 Å². The van der Waals surface area contributed by atoms with Gasteiger partial charge >= 0.3 is 0 Å². The molecule has 21 heavy (non-hydrogen) atoms. The average molecular weight is 284 g/mol. The molecule has 0 bridgehead atoms. The molecule has 0 spiro atoms. The van der Waals surface area contributed by atoms with Crippen molar-refractivity contribution in [2.24, 2.45) is 11.7 Å². The molecule has 2 aromatic carbocycles. The molecule has 4 heteroatoms. The molecule has 1 heterocycles. The molecule has 1 saturated heterocycles. The zero-order valence-electron chi connectivity index (χ0n) is 12.2. The van der Waals surface area contributed by atoms with Gasteiger partial charge < -0.3 is 5.73 Å². The summed E-state index contributed by atoms with van der Waals surface area (Å²) < 4.78 is 0. The van der Waals surface area contributed by atoms with Crippen LogP contribution in [0.2, 0.25) is 0 Å². The summed E-state index contributed by atoms with van der Waals surface area (Å²) >= 11 is 0. The highest BCUT2D eigenvalue weighted by molar-refractivity contribution is 5.86. The summed E-state index contributed by atoms with van der Waals surface area (Å²) in [7, 11) is 0. The summed E-state index contributed by atoms with van der Waals surface area (Å²) in [5.74, 6) is -0.437. The van der Waals surface area contributed by atoms with Crippen molar-refractivity contribution >= 4 is 16.7 Å². The number of hydroxylamine groups is 2. The van der Waals surface area contributed by atoms with E-state index in [2.05, 4.69) is 43.3 Å². The van der Waals surface area contributed by atoms with Crippen LogP contribution in [-0.2, 0) is 9.63 Å². The van der Waals surface area contributed by atoms with E-state index in [9.17, 15) is 4.79 Å². The lowest BCUT2D eigenvalue weighted by Gasteiger charge is -2.34. The molecule has 0 aliphatic carbocycles. The molecular weight excluding hydrogens is 264 g/mol. The monoisotopic (exact) mass is 284 g/mol. The van der Waals surface area contributed by atoms with Crippen molar-refractivity contribution in [2.45, 2.75) is 19.4 Å². The summed E-state index contributed by atoms with van der Waals surface area (Å²) in [6, 6.07) is 14.8. The van der Waals surface area contributed by atoms with Crippen molar-refractivity contribution in [1.29, 1.82) is 0 Å². The smallest absolute Gasteiger partial charge is 0.222 e. The van der Waals surface area contributed by atoms with Crippen LogP contribution in [0.15, 0.2) is 42.5 Å². The number of fused-ring (bicyclic) bond motifs is 1. The van der Waals surface area contributed by atoms with E-state index < -0.39 is 0 Å². The third kappa shape index (κ3) is 2.77. The Bertz CT molecular complexity index is 643. The van der Waals surface area contributed by atoms with Gasteiger partial charge in [0.1, 0.15) is 0 Å². The predicted octanol–water partition coefficient (Wildman–Crippen LogP) is 2.64. The number of hydrogen-bond donors (Lipinski definition) is 1. The van der Waals surface area contributed by atoms with E-state index in [0.717, 1.165) is 13.0 Å². The minimum Gasteiger partial charge on any atom is -0.369 e. The number of hydrogen-bond acceptors (Lipinski definition) is 3. The van der Waals surface area contributed by atoms with Gasteiger partial charge in [0.2, 0.25) is 5.91 Å². The van der Waals surface area contributed by atoms with Gasteiger partial charge in [-0.3, -0.25) is 9.63 Å². The third-order valence-corrected chi connectivity index (χ3v) is 4.25. The SMILES string of the molecule is CC(c1cccc2ccccc12)N1CCC(C(N)=O)CO1. The number of rotatable bonds is 3. The molecule has 0 radical (unpaired) electrons. The molecule has 1 fully saturated rings. The molecule has 1 aliphatic rings. The van der Waals surface area contributed by atoms with Gasteiger partial charge in [0.05, 0.1) is 18.6 Å². The van der Waals surface area contributed by atoms with Crippen LogP contribution < -0.4 is 5.73 Å². The van der Waals surface area contributed by atoms with Crippen molar-refractivity contribution in [3.05, 3.63) is 48.0 Å². The van der Waals surface area contributed by atoms with E-state index in [-0.39, 0.29) is 17.9 Å². The third-order valence-electron chi connectivity index (χ3n) is 4.25. The van der Waals surface area contributed by atoms with E-state index in [1.54, 1.807) is 0 Å². The Morgan fingerprint density at radius 3 is 2.76 bits per heavy atom. The van der Waals surface area contributed by atoms with Gasteiger partial charge in [-0.2, -0.15) is 5.06 Å². The van der Waals surface area contributed by atoms with E-state index in [1.165, 1.54) is 16.3 Å². The molecule has 110 valence electrons. The van der Waals surface area contributed by atoms with Gasteiger partial charge in [0.15, 0.2) is 0 Å². The fraction of sp³-hybridized carbons (Fsp3) is 0.353. The first-order chi connectivity index (χ1) is 10.2. The fourth-order valence-electron chi connectivity index (χ4n) is 2.92. The van der Waals surface area contributed by atoms with Gasteiger partial charge in [-0.1, -0.05) is 42.5 Å². The van der Waals surface area contributed by atoms with Crippen molar-refractivity contribution in [2.75, 3.05) is 13.2 Å². The van der Waals surface area contributed by atoms with Crippen LogP contribution in [-0.4, -0.2) is 24.1 Å². The Labute approximate surface area is 124 Å². The van der Waals surface area contributed by atoms with Crippen molar-refractivity contribution in [3.8, 4) is 0 Å². The van der Waals surface area contributed by atoms with E-state index >= 15 is 0 Å².